The zero-order chi connectivity index (χ0) is 15.5. The van der Waals surface area contributed by atoms with Crippen molar-refractivity contribution in [1.82, 2.24) is 5.32 Å². The molecule has 1 heterocycles. The van der Waals surface area contributed by atoms with E-state index < -0.39 is 23.3 Å². The molecule has 7 heteroatoms. The van der Waals surface area contributed by atoms with Gasteiger partial charge in [0, 0.05) is 6.04 Å². The van der Waals surface area contributed by atoms with Crippen LogP contribution in [0.1, 0.15) is 46.0 Å². The van der Waals surface area contributed by atoms with Crippen LogP contribution in [0, 0.1) is 0 Å². The zero-order valence-corrected chi connectivity index (χ0v) is 12.3. The Kier molecular flexibility index (Phi) is 4.59. The Labute approximate surface area is 123 Å². The standard InChI is InChI=1S/C14H20N2O5/c1-3-20-12(18)11-8-14(9(2)17,21-16-11)13(19)15-10-6-4-5-7-10/h10H,3-8H2,1-2H3,(H,15,19). The fraction of sp³-hybridized carbons (Fsp3) is 0.714. The van der Waals surface area contributed by atoms with Gasteiger partial charge in [-0.1, -0.05) is 18.0 Å². The minimum absolute atomic E-state index is 0.0337. The van der Waals surface area contributed by atoms with Crippen LogP contribution in [-0.2, 0) is 24.0 Å². The number of carbonyl (C=O) groups is 3. The number of ether oxygens (including phenoxy) is 1. The summed E-state index contributed by atoms with van der Waals surface area (Å²) in [4.78, 5) is 41.0. The lowest BCUT2D eigenvalue weighted by molar-refractivity contribution is -0.155. The number of rotatable bonds is 5. The molecule has 1 amide bonds. The van der Waals surface area contributed by atoms with Gasteiger partial charge in [-0.2, -0.15) is 0 Å². The highest BCUT2D eigenvalue weighted by Crippen LogP contribution is 2.28. The van der Waals surface area contributed by atoms with Crippen molar-refractivity contribution in [2.24, 2.45) is 5.16 Å². The Bertz CT molecular complexity index is 482. The monoisotopic (exact) mass is 296 g/mol. The molecule has 1 N–H and O–H groups in total. The van der Waals surface area contributed by atoms with Crippen molar-refractivity contribution in [2.75, 3.05) is 6.61 Å². The first-order valence-corrected chi connectivity index (χ1v) is 7.23. The molecule has 1 atom stereocenters. The predicted octanol–water partition coefficient (Wildman–Crippen LogP) is 0.712. The number of ketones is 1. The highest BCUT2D eigenvalue weighted by atomic mass is 16.7. The average Bonchev–Trinajstić information content (AvgIpc) is 3.08. The Morgan fingerprint density at radius 2 is 2.05 bits per heavy atom. The van der Waals surface area contributed by atoms with Gasteiger partial charge in [0.15, 0.2) is 11.5 Å². The molecule has 7 nitrogen and oxygen atoms in total. The van der Waals surface area contributed by atoms with Crippen molar-refractivity contribution in [2.45, 2.75) is 57.6 Å². The van der Waals surface area contributed by atoms with Crippen molar-refractivity contribution in [3.05, 3.63) is 0 Å². The number of carbonyl (C=O) groups excluding carboxylic acids is 3. The second-order valence-corrected chi connectivity index (χ2v) is 5.36. The van der Waals surface area contributed by atoms with Crippen LogP contribution in [0.25, 0.3) is 0 Å². The normalized spacial score (nSPS) is 25.1. The molecule has 0 aromatic rings. The fourth-order valence-electron chi connectivity index (χ4n) is 2.60. The highest BCUT2D eigenvalue weighted by Gasteiger charge is 2.53. The maximum Gasteiger partial charge on any atom is 0.356 e. The first kappa shape index (κ1) is 15.5. The molecular weight excluding hydrogens is 276 g/mol. The molecule has 0 saturated heterocycles. The number of nitrogens with one attached hydrogen (secondary N) is 1. The van der Waals surface area contributed by atoms with Crippen molar-refractivity contribution < 1.29 is 24.0 Å². The Balaban J connectivity index is 2.07. The van der Waals surface area contributed by atoms with E-state index in [4.69, 9.17) is 9.57 Å². The van der Waals surface area contributed by atoms with E-state index in [9.17, 15) is 14.4 Å². The molecule has 1 aliphatic heterocycles. The van der Waals surface area contributed by atoms with E-state index in [-0.39, 0.29) is 24.8 Å². The molecule has 116 valence electrons. The van der Waals surface area contributed by atoms with Gasteiger partial charge in [0.25, 0.3) is 11.5 Å². The van der Waals surface area contributed by atoms with Crippen molar-refractivity contribution in [3.63, 3.8) is 0 Å². The molecular formula is C14H20N2O5. The van der Waals surface area contributed by atoms with Gasteiger partial charge in [-0.3, -0.25) is 9.59 Å². The smallest absolute Gasteiger partial charge is 0.356 e. The van der Waals surface area contributed by atoms with Crippen molar-refractivity contribution in [3.8, 4) is 0 Å². The van der Waals surface area contributed by atoms with E-state index >= 15 is 0 Å². The molecule has 1 aliphatic carbocycles. The second-order valence-electron chi connectivity index (χ2n) is 5.36. The van der Waals surface area contributed by atoms with Gasteiger partial charge in [0.05, 0.1) is 13.0 Å². The Morgan fingerprint density at radius 3 is 2.62 bits per heavy atom. The van der Waals surface area contributed by atoms with E-state index in [1.165, 1.54) is 6.92 Å². The number of esters is 1. The van der Waals surface area contributed by atoms with Gasteiger partial charge in [0.1, 0.15) is 0 Å². The molecule has 21 heavy (non-hydrogen) atoms. The highest BCUT2D eigenvalue weighted by molar-refractivity contribution is 6.38. The third-order valence-corrected chi connectivity index (χ3v) is 3.87. The summed E-state index contributed by atoms with van der Waals surface area (Å²) in [6, 6.07) is 0.0592. The van der Waals surface area contributed by atoms with Crippen molar-refractivity contribution >= 4 is 23.4 Å². The van der Waals surface area contributed by atoms with Gasteiger partial charge in [-0.15, -0.1) is 0 Å². The van der Waals surface area contributed by atoms with Crippen LogP contribution in [0.4, 0.5) is 0 Å². The predicted molar refractivity (Wildman–Crippen MR) is 73.6 cm³/mol. The van der Waals surface area contributed by atoms with Crippen LogP contribution in [-0.4, -0.2) is 41.6 Å². The van der Waals surface area contributed by atoms with Gasteiger partial charge in [0.2, 0.25) is 0 Å². The first-order valence-electron chi connectivity index (χ1n) is 7.23. The molecule has 0 radical (unpaired) electrons. The number of nitrogens with zero attached hydrogens (tertiary/aromatic N) is 1. The van der Waals surface area contributed by atoms with E-state index in [0.717, 1.165) is 25.7 Å². The van der Waals surface area contributed by atoms with Crippen LogP contribution < -0.4 is 5.32 Å². The van der Waals surface area contributed by atoms with E-state index in [1.54, 1.807) is 6.92 Å². The van der Waals surface area contributed by atoms with E-state index in [0.29, 0.717) is 0 Å². The molecule has 1 unspecified atom stereocenters. The molecule has 0 bridgehead atoms. The number of oxime groups is 1. The topological polar surface area (TPSA) is 94.1 Å². The summed E-state index contributed by atoms with van der Waals surface area (Å²) < 4.78 is 4.82. The summed E-state index contributed by atoms with van der Waals surface area (Å²) >= 11 is 0. The van der Waals surface area contributed by atoms with Crippen LogP contribution in [0.3, 0.4) is 0 Å². The molecule has 0 aromatic heterocycles. The van der Waals surface area contributed by atoms with Crippen LogP contribution in [0.5, 0.6) is 0 Å². The number of hydrogen-bond donors (Lipinski definition) is 1. The summed E-state index contributed by atoms with van der Waals surface area (Å²) in [6.07, 6.45) is 3.73. The molecule has 1 fully saturated rings. The lowest BCUT2D eigenvalue weighted by atomic mass is 9.91. The van der Waals surface area contributed by atoms with Crippen molar-refractivity contribution in [1.29, 1.82) is 0 Å². The molecule has 1 saturated carbocycles. The van der Waals surface area contributed by atoms with Gasteiger partial charge in [-0.25, -0.2) is 4.79 Å². The third kappa shape index (κ3) is 3.06. The Morgan fingerprint density at radius 1 is 1.38 bits per heavy atom. The SMILES string of the molecule is CCOC(=O)C1=NOC(C(C)=O)(C(=O)NC2CCCC2)C1. The van der Waals surface area contributed by atoms with E-state index in [1.807, 2.05) is 0 Å². The molecule has 2 aliphatic rings. The fourth-order valence-corrected chi connectivity index (χ4v) is 2.60. The van der Waals surface area contributed by atoms with Crippen LogP contribution in [0.2, 0.25) is 0 Å². The Hall–Kier alpha value is -1.92. The summed E-state index contributed by atoms with van der Waals surface area (Å²) in [6.45, 7) is 3.12. The minimum atomic E-state index is -1.73. The summed E-state index contributed by atoms with van der Waals surface area (Å²) in [7, 11) is 0. The maximum absolute atomic E-state index is 12.4. The second kappa shape index (κ2) is 6.24. The molecule has 0 aromatic carbocycles. The number of Topliss-reactive ketones (excluding diaryl/α,β-unsaturated/α-hetero) is 1. The van der Waals surface area contributed by atoms with Gasteiger partial charge >= 0.3 is 5.97 Å². The number of hydrogen-bond acceptors (Lipinski definition) is 6. The van der Waals surface area contributed by atoms with Gasteiger partial charge < -0.3 is 14.9 Å². The minimum Gasteiger partial charge on any atom is -0.461 e. The van der Waals surface area contributed by atoms with E-state index in [2.05, 4.69) is 10.5 Å². The maximum atomic E-state index is 12.4. The first-order chi connectivity index (χ1) is 9.99. The lowest BCUT2D eigenvalue weighted by Crippen LogP contribution is -2.54. The summed E-state index contributed by atoms with van der Waals surface area (Å²) in [5, 5.41) is 6.41. The zero-order valence-electron chi connectivity index (χ0n) is 12.3. The molecule has 2 rings (SSSR count). The van der Waals surface area contributed by atoms with Gasteiger partial charge in [-0.05, 0) is 26.7 Å². The quantitative estimate of drug-likeness (QED) is 0.595. The molecule has 0 spiro atoms. The largest absolute Gasteiger partial charge is 0.461 e. The van der Waals surface area contributed by atoms with Crippen LogP contribution in [0.15, 0.2) is 5.16 Å². The average molecular weight is 296 g/mol. The number of amides is 1. The summed E-state index contributed by atoms with van der Waals surface area (Å²) in [5.74, 6) is -1.65. The summed E-state index contributed by atoms with van der Waals surface area (Å²) in [5.41, 5.74) is -1.77. The van der Waals surface area contributed by atoms with Crippen LogP contribution >= 0.6 is 0 Å². The third-order valence-electron chi connectivity index (χ3n) is 3.87. The lowest BCUT2D eigenvalue weighted by Gasteiger charge is -2.24.